The molecule has 1 aromatic carbocycles. The number of aliphatic hydroxyl groups is 1. The molecule has 0 saturated carbocycles. The number of aromatic nitrogens is 5. The van der Waals surface area contributed by atoms with Crippen molar-refractivity contribution in [3.63, 3.8) is 0 Å². The van der Waals surface area contributed by atoms with Gasteiger partial charge in [0.2, 0.25) is 0 Å². The summed E-state index contributed by atoms with van der Waals surface area (Å²) in [6.07, 6.45) is 0.280. The van der Waals surface area contributed by atoms with Crippen LogP contribution >= 0.6 is 0 Å². The Balaban J connectivity index is 1.85. The zero-order chi connectivity index (χ0) is 20.8. The standard InChI is InChI=1S/C19H24N6O3S/c1-19(2,3)18-20-16(24-9-8-13(26)11-24)15-17(21-18)25(23-22-15)10-12-6-4-5-7-14(12)29(27)28/h4-7,13,26,29H,8-11H2,1-3H3/t13-/m0/s1. The third kappa shape index (κ3) is 3.82. The van der Waals surface area contributed by atoms with E-state index in [-0.39, 0.29) is 16.9 Å². The first-order valence-electron chi connectivity index (χ1n) is 9.51. The number of aliphatic hydroxyl groups excluding tert-OH is 1. The molecule has 10 heteroatoms. The molecule has 1 fully saturated rings. The average Bonchev–Trinajstić information content (AvgIpc) is 3.27. The van der Waals surface area contributed by atoms with Crippen molar-refractivity contribution in [1.29, 1.82) is 0 Å². The summed E-state index contributed by atoms with van der Waals surface area (Å²) < 4.78 is 24.8. The van der Waals surface area contributed by atoms with Gasteiger partial charge in [-0.15, -0.1) is 5.10 Å². The zero-order valence-corrected chi connectivity index (χ0v) is 17.5. The van der Waals surface area contributed by atoms with E-state index in [1.165, 1.54) is 0 Å². The van der Waals surface area contributed by atoms with Gasteiger partial charge in [-0.25, -0.2) is 23.1 Å². The first-order chi connectivity index (χ1) is 13.7. The summed E-state index contributed by atoms with van der Waals surface area (Å²) in [5, 5.41) is 18.5. The van der Waals surface area contributed by atoms with Crippen LogP contribution in [0.1, 0.15) is 38.6 Å². The molecule has 0 radical (unpaired) electrons. The topological polar surface area (TPSA) is 114 Å². The van der Waals surface area contributed by atoms with Crippen LogP contribution in [0, 0.1) is 0 Å². The van der Waals surface area contributed by atoms with Gasteiger partial charge in [0.05, 0.1) is 17.5 Å². The highest BCUT2D eigenvalue weighted by Crippen LogP contribution is 2.29. The van der Waals surface area contributed by atoms with E-state index in [0.29, 0.717) is 47.9 Å². The van der Waals surface area contributed by atoms with Crippen molar-refractivity contribution in [2.24, 2.45) is 0 Å². The van der Waals surface area contributed by atoms with Crippen molar-refractivity contribution in [2.75, 3.05) is 18.0 Å². The summed E-state index contributed by atoms with van der Waals surface area (Å²) in [4.78, 5) is 11.7. The molecule has 3 heterocycles. The number of anilines is 1. The second-order valence-corrected chi connectivity index (χ2v) is 9.31. The van der Waals surface area contributed by atoms with Crippen molar-refractivity contribution in [1.82, 2.24) is 25.0 Å². The molecular formula is C19H24N6O3S. The van der Waals surface area contributed by atoms with Crippen molar-refractivity contribution >= 4 is 27.7 Å². The van der Waals surface area contributed by atoms with Crippen LogP contribution in [0.2, 0.25) is 0 Å². The Labute approximate surface area is 170 Å². The smallest absolute Gasteiger partial charge is 0.184 e. The van der Waals surface area contributed by atoms with Gasteiger partial charge in [-0.2, -0.15) is 0 Å². The monoisotopic (exact) mass is 416 g/mol. The Hall–Kier alpha value is -2.59. The van der Waals surface area contributed by atoms with E-state index < -0.39 is 16.8 Å². The number of rotatable bonds is 4. The normalized spacial score (nSPS) is 17.6. The van der Waals surface area contributed by atoms with Crippen molar-refractivity contribution < 1.29 is 13.5 Å². The molecule has 3 aromatic rings. The lowest BCUT2D eigenvalue weighted by atomic mass is 9.96. The molecule has 0 amide bonds. The Morgan fingerprint density at radius 3 is 2.62 bits per heavy atom. The minimum atomic E-state index is -2.71. The lowest BCUT2D eigenvalue weighted by molar-refractivity contribution is 0.198. The summed E-state index contributed by atoms with van der Waals surface area (Å²) >= 11 is 0. The van der Waals surface area contributed by atoms with Gasteiger partial charge < -0.3 is 10.0 Å². The predicted octanol–water partition coefficient (Wildman–Crippen LogP) is 1.11. The predicted molar refractivity (Wildman–Crippen MR) is 109 cm³/mol. The minimum absolute atomic E-state index is 0.235. The van der Waals surface area contributed by atoms with Gasteiger partial charge in [-0.1, -0.05) is 44.2 Å². The third-order valence-corrected chi connectivity index (χ3v) is 5.82. The van der Waals surface area contributed by atoms with Crippen molar-refractivity contribution in [3.8, 4) is 0 Å². The van der Waals surface area contributed by atoms with E-state index in [2.05, 4.69) is 10.3 Å². The maximum Gasteiger partial charge on any atom is 0.184 e. The molecule has 154 valence electrons. The van der Waals surface area contributed by atoms with E-state index in [0.717, 1.165) is 0 Å². The van der Waals surface area contributed by atoms with Gasteiger partial charge in [0.25, 0.3) is 0 Å². The fourth-order valence-corrected chi connectivity index (χ4v) is 4.01. The van der Waals surface area contributed by atoms with Crippen LogP contribution in [0.3, 0.4) is 0 Å². The first-order valence-corrected chi connectivity index (χ1v) is 10.7. The maximum atomic E-state index is 11.6. The largest absolute Gasteiger partial charge is 0.391 e. The second kappa shape index (κ2) is 7.34. The highest BCUT2D eigenvalue weighted by molar-refractivity contribution is 7.72. The number of thiol groups is 1. The number of hydrogen-bond donors (Lipinski definition) is 2. The summed E-state index contributed by atoms with van der Waals surface area (Å²) in [5.41, 5.74) is 1.44. The molecule has 0 bridgehead atoms. The van der Waals surface area contributed by atoms with Crippen LogP contribution in [-0.4, -0.2) is 57.7 Å². The van der Waals surface area contributed by atoms with Gasteiger partial charge in [0.1, 0.15) is 5.82 Å². The van der Waals surface area contributed by atoms with E-state index >= 15 is 0 Å². The highest BCUT2D eigenvalue weighted by atomic mass is 32.2. The van der Waals surface area contributed by atoms with E-state index in [9.17, 15) is 13.5 Å². The van der Waals surface area contributed by atoms with Crippen molar-refractivity contribution in [2.45, 2.75) is 50.2 Å². The Morgan fingerprint density at radius 2 is 1.97 bits per heavy atom. The van der Waals surface area contributed by atoms with E-state index in [1.54, 1.807) is 28.9 Å². The van der Waals surface area contributed by atoms with Crippen molar-refractivity contribution in [3.05, 3.63) is 35.7 Å². The van der Waals surface area contributed by atoms with Gasteiger partial charge >= 0.3 is 0 Å². The fraction of sp³-hybridized carbons (Fsp3) is 0.474. The van der Waals surface area contributed by atoms with Gasteiger partial charge in [0, 0.05) is 18.5 Å². The Bertz CT molecular complexity index is 1130. The van der Waals surface area contributed by atoms with E-state index in [4.69, 9.17) is 9.97 Å². The molecule has 0 spiro atoms. The molecule has 4 rings (SSSR count). The SMILES string of the molecule is CC(C)(C)c1nc(N2CC[C@H](O)C2)c2nnn(Cc3ccccc3[SH](=O)=O)c2n1. The fourth-order valence-electron chi connectivity index (χ4n) is 3.42. The summed E-state index contributed by atoms with van der Waals surface area (Å²) in [6.45, 7) is 7.50. The lowest BCUT2D eigenvalue weighted by Crippen LogP contribution is -2.25. The number of hydrogen-bond acceptors (Lipinski definition) is 8. The van der Waals surface area contributed by atoms with Gasteiger partial charge in [0.15, 0.2) is 27.7 Å². The summed E-state index contributed by atoms with van der Waals surface area (Å²) in [6, 6.07) is 6.83. The van der Waals surface area contributed by atoms with Crippen LogP contribution in [0.4, 0.5) is 5.82 Å². The number of β-amino-alcohol motifs (C(OH)–C–C–N with tert-alkyl or cyclic N) is 1. The lowest BCUT2D eigenvalue weighted by Gasteiger charge is -2.22. The number of benzene rings is 1. The summed E-state index contributed by atoms with van der Waals surface area (Å²) in [7, 11) is -2.71. The van der Waals surface area contributed by atoms with Crippen LogP contribution in [-0.2, 0) is 22.7 Å². The van der Waals surface area contributed by atoms with Gasteiger partial charge in [-0.3, -0.25) is 0 Å². The molecule has 1 aliphatic rings. The number of nitrogens with zero attached hydrogens (tertiary/aromatic N) is 6. The second-order valence-electron chi connectivity index (χ2n) is 8.31. The first kappa shape index (κ1) is 19.7. The third-order valence-electron chi connectivity index (χ3n) is 4.99. The van der Waals surface area contributed by atoms with Crippen LogP contribution in [0.25, 0.3) is 11.2 Å². The Kier molecular flexibility index (Phi) is 4.99. The molecule has 29 heavy (non-hydrogen) atoms. The Morgan fingerprint density at radius 1 is 1.21 bits per heavy atom. The maximum absolute atomic E-state index is 11.6. The average molecular weight is 417 g/mol. The van der Waals surface area contributed by atoms with Crippen LogP contribution in [0.15, 0.2) is 29.2 Å². The highest BCUT2D eigenvalue weighted by Gasteiger charge is 2.28. The number of fused-ring (bicyclic) bond motifs is 1. The van der Waals surface area contributed by atoms with Gasteiger partial charge in [-0.05, 0) is 18.1 Å². The molecule has 0 aliphatic carbocycles. The van der Waals surface area contributed by atoms with Crippen LogP contribution in [0.5, 0.6) is 0 Å². The summed E-state index contributed by atoms with van der Waals surface area (Å²) in [5.74, 6) is 1.30. The zero-order valence-electron chi connectivity index (χ0n) is 16.6. The molecule has 1 N–H and O–H groups in total. The molecule has 0 unspecified atom stereocenters. The quantitative estimate of drug-likeness (QED) is 0.608. The molecule has 1 saturated heterocycles. The van der Waals surface area contributed by atoms with Crippen LogP contribution < -0.4 is 4.90 Å². The molecule has 2 aromatic heterocycles. The van der Waals surface area contributed by atoms with E-state index in [1.807, 2.05) is 25.7 Å². The molecule has 9 nitrogen and oxygen atoms in total. The molecular weight excluding hydrogens is 392 g/mol. The minimum Gasteiger partial charge on any atom is -0.391 e. The molecule has 1 atom stereocenters. The molecule has 1 aliphatic heterocycles.